The van der Waals surface area contributed by atoms with E-state index in [4.69, 9.17) is 10.5 Å². The number of ether oxygens (including phenoxy) is 1. The predicted molar refractivity (Wildman–Crippen MR) is 60.4 cm³/mol. The number of hydrogen-bond acceptors (Lipinski definition) is 2. The fraction of sp³-hybridized carbons (Fsp3) is 0.333. The average Bonchev–Trinajstić information content (AvgIpc) is 2.20. The molecule has 0 aliphatic rings. The molecule has 0 aliphatic carbocycles. The summed E-state index contributed by atoms with van der Waals surface area (Å²) in [7, 11) is 1.68. The molecule has 0 atom stereocenters. The van der Waals surface area contributed by atoms with Crippen LogP contribution in [0, 0.1) is 6.92 Å². The lowest BCUT2D eigenvalue weighted by molar-refractivity contribution is 0.414. The Morgan fingerprint density at radius 2 is 2.21 bits per heavy atom. The molecular weight excluding hydrogens is 174 g/mol. The van der Waals surface area contributed by atoms with E-state index in [2.05, 4.69) is 25.1 Å². The minimum Gasteiger partial charge on any atom is -0.497 e. The van der Waals surface area contributed by atoms with Gasteiger partial charge in [-0.25, -0.2) is 0 Å². The third kappa shape index (κ3) is 2.89. The molecule has 0 heterocycles. The lowest BCUT2D eigenvalue weighted by atomic mass is 10.1. The van der Waals surface area contributed by atoms with Gasteiger partial charge in [0.15, 0.2) is 0 Å². The van der Waals surface area contributed by atoms with E-state index in [9.17, 15) is 0 Å². The highest BCUT2D eigenvalue weighted by Gasteiger charge is 1.96. The van der Waals surface area contributed by atoms with Crippen LogP contribution in [0.4, 0.5) is 0 Å². The lowest BCUT2D eigenvalue weighted by Gasteiger charge is -2.03. The largest absolute Gasteiger partial charge is 0.497 e. The standard InChI is InChI=1S/C12H17NO/c1-10-9-12(14-2)7-6-11(10)5-3-4-8-13/h3,5-7,9H,4,8,13H2,1-2H3. The molecule has 0 aromatic heterocycles. The number of methoxy groups -OCH3 is 1. The highest BCUT2D eigenvalue weighted by atomic mass is 16.5. The van der Waals surface area contributed by atoms with Crippen molar-refractivity contribution in [3.8, 4) is 5.75 Å². The number of benzene rings is 1. The molecule has 0 fully saturated rings. The molecule has 0 aliphatic heterocycles. The topological polar surface area (TPSA) is 35.2 Å². The second-order valence-corrected chi connectivity index (χ2v) is 3.20. The molecule has 76 valence electrons. The Hall–Kier alpha value is -1.28. The van der Waals surface area contributed by atoms with E-state index in [0.717, 1.165) is 12.2 Å². The van der Waals surface area contributed by atoms with Gasteiger partial charge in [-0.05, 0) is 43.1 Å². The molecule has 0 radical (unpaired) electrons. The summed E-state index contributed by atoms with van der Waals surface area (Å²) in [5.74, 6) is 0.901. The SMILES string of the molecule is COc1ccc(C=CCCN)c(C)c1. The van der Waals surface area contributed by atoms with Crippen LogP contribution in [0.25, 0.3) is 6.08 Å². The maximum atomic E-state index is 5.41. The first kappa shape index (κ1) is 10.8. The summed E-state index contributed by atoms with van der Waals surface area (Å²) in [5, 5.41) is 0. The van der Waals surface area contributed by atoms with Gasteiger partial charge in [-0.15, -0.1) is 0 Å². The van der Waals surface area contributed by atoms with Crippen molar-refractivity contribution in [2.24, 2.45) is 5.73 Å². The highest BCUT2D eigenvalue weighted by molar-refractivity contribution is 5.55. The number of nitrogens with two attached hydrogens (primary N) is 1. The van der Waals surface area contributed by atoms with Gasteiger partial charge in [0.2, 0.25) is 0 Å². The summed E-state index contributed by atoms with van der Waals surface area (Å²) in [6.07, 6.45) is 5.11. The monoisotopic (exact) mass is 191 g/mol. The summed E-state index contributed by atoms with van der Waals surface area (Å²) in [5.41, 5.74) is 7.85. The van der Waals surface area contributed by atoms with E-state index in [-0.39, 0.29) is 0 Å². The molecule has 1 aromatic rings. The van der Waals surface area contributed by atoms with Crippen molar-refractivity contribution in [3.05, 3.63) is 35.4 Å². The first-order valence-corrected chi connectivity index (χ1v) is 4.79. The van der Waals surface area contributed by atoms with Crippen molar-refractivity contribution < 1.29 is 4.74 Å². The molecule has 0 bridgehead atoms. The van der Waals surface area contributed by atoms with E-state index < -0.39 is 0 Å². The second-order valence-electron chi connectivity index (χ2n) is 3.20. The maximum absolute atomic E-state index is 5.41. The molecule has 2 N–H and O–H groups in total. The van der Waals surface area contributed by atoms with Crippen LogP contribution in [-0.2, 0) is 0 Å². The first-order chi connectivity index (χ1) is 6.77. The maximum Gasteiger partial charge on any atom is 0.119 e. The smallest absolute Gasteiger partial charge is 0.119 e. The van der Waals surface area contributed by atoms with Crippen LogP contribution in [0.15, 0.2) is 24.3 Å². The normalized spacial score (nSPS) is 10.8. The Morgan fingerprint density at radius 3 is 2.79 bits per heavy atom. The summed E-state index contributed by atoms with van der Waals surface area (Å²) in [4.78, 5) is 0. The summed E-state index contributed by atoms with van der Waals surface area (Å²) < 4.78 is 5.13. The minimum absolute atomic E-state index is 0.700. The van der Waals surface area contributed by atoms with Crippen molar-refractivity contribution in [1.29, 1.82) is 0 Å². The van der Waals surface area contributed by atoms with Crippen LogP contribution in [-0.4, -0.2) is 13.7 Å². The molecule has 0 spiro atoms. The molecule has 14 heavy (non-hydrogen) atoms. The molecule has 0 amide bonds. The van der Waals surface area contributed by atoms with Gasteiger partial charge >= 0.3 is 0 Å². The Kier molecular flexibility index (Phi) is 4.20. The Bertz CT molecular complexity index is 318. The average molecular weight is 191 g/mol. The molecule has 0 unspecified atom stereocenters. The summed E-state index contributed by atoms with van der Waals surface area (Å²) >= 11 is 0. The van der Waals surface area contributed by atoms with Crippen molar-refractivity contribution in [1.82, 2.24) is 0 Å². The van der Waals surface area contributed by atoms with E-state index in [0.29, 0.717) is 6.54 Å². The van der Waals surface area contributed by atoms with Crippen LogP contribution < -0.4 is 10.5 Å². The molecular formula is C12H17NO. The number of aryl methyl sites for hydroxylation is 1. The van der Waals surface area contributed by atoms with E-state index in [1.54, 1.807) is 7.11 Å². The van der Waals surface area contributed by atoms with Crippen LogP contribution in [0.5, 0.6) is 5.75 Å². The summed E-state index contributed by atoms with van der Waals surface area (Å²) in [6.45, 7) is 2.77. The van der Waals surface area contributed by atoms with Gasteiger partial charge in [0.05, 0.1) is 7.11 Å². The van der Waals surface area contributed by atoms with Crippen LogP contribution >= 0.6 is 0 Å². The first-order valence-electron chi connectivity index (χ1n) is 4.79. The second kappa shape index (κ2) is 5.45. The summed E-state index contributed by atoms with van der Waals surface area (Å²) in [6, 6.07) is 6.05. The fourth-order valence-corrected chi connectivity index (χ4v) is 1.27. The molecule has 2 nitrogen and oxygen atoms in total. The fourth-order valence-electron chi connectivity index (χ4n) is 1.27. The zero-order valence-corrected chi connectivity index (χ0v) is 8.79. The van der Waals surface area contributed by atoms with E-state index >= 15 is 0 Å². The van der Waals surface area contributed by atoms with Crippen LogP contribution in [0.3, 0.4) is 0 Å². The molecule has 1 aromatic carbocycles. The van der Waals surface area contributed by atoms with Crippen molar-refractivity contribution >= 4 is 6.08 Å². The molecule has 0 saturated heterocycles. The molecule has 1 rings (SSSR count). The number of hydrogen-bond donors (Lipinski definition) is 1. The Balaban J connectivity index is 2.78. The van der Waals surface area contributed by atoms with Crippen molar-refractivity contribution in [2.45, 2.75) is 13.3 Å². The van der Waals surface area contributed by atoms with E-state index in [1.807, 2.05) is 12.1 Å². The highest BCUT2D eigenvalue weighted by Crippen LogP contribution is 2.17. The third-order valence-electron chi connectivity index (χ3n) is 2.11. The van der Waals surface area contributed by atoms with Gasteiger partial charge < -0.3 is 10.5 Å². The van der Waals surface area contributed by atoms with Gasteiger partial charge in [0, 0.05) is 0 Å². The lowest BCUT2D eigenvalue weighted by Crippen LogP contribution is -1.95. The van der Waals surface area contributed by atoms with Gasteiger partial charge in [-0.3, -0.25) is 0 Å². The Morgan fingerprint density at radius 1 is 1.43 bits per heavy atom. The third-order valence-corrected chi connectivity index (χ3v) is 2.11. The predicted octanol–water partition coefficient (Wildman–Crippen LogP) is 2.37. The number of rotatable bonds is 4. The van der Waals surface area contributed by atoms with Gasteiger partial charge in [0.1, 0.15) is 5.75 Å². The minimum atomic E-state index is 0.700. The van der Waals surface area contributed by atoms with E-state index in [1.165, 1.54) is 11.1 Å². The Labute approximate surface area is 85.4 Å². The van der Waals surface area contributed by atoms with Crippen molar-refractivity contribution in [2.75, 3.05) is 13.7 Å². The van der Waals surface area contributed by atoms with Crippen LogP contribution in [0.1, 0.15) is 17.5 Å². The van der Waals surface area contributed by atoms with Gasteiger partial charge in [-0.1, -0.05) is 18.2 Å². The quantitative estimate of drug-likeness (QED) is 0.793. The molecule has 2 heteroatoms. The van der Waals surface area contributed by atoms with Gasteiger partial charge in [-0.2, -0.15) is 0 Å². The zero-order chi connectivity index (χ0) is 10.4. The van der Waals surface area contributed by atoms with Gasteiger partial charge in [0.25, 0.3) is 0 Å². The van der Waals surface area contributed by atoms with Crippen LogP contribution in [0.2, 0.25) is 0 Å². The molecule has 0 saturated carbocycles. The zero-order valence-electron chi connectivity index (χ0n) is 8.79. The van der Waals surface area contributed by atoms with Crippen molar-refractivity contribution in [3.63, 3.8) is 0 Å².